The molecule has 0 aromatic heterocycles. The van der Waals surface area contributed by atoms with Gasteiger partial charge in [-0.15, -0.1) is 0 Å². The summed E-state index contributed by atoms with van der Waals surface area (Å²) in [5, 5.41) is 0. The van der Waals surface area contributed by atoms with Crippen LogP contribution in [0.3, 0.4) is 0 Å². The van der Waals surface area contributed by atoms with Crippen molar-refractivity contribution in [3.63, 3.8) is 0 Å². The molecular formula is C12H27NO. The highest BCUT2D eigenvalue weighted by Crippen LogP contribution is 2.13. The maximum atomic E-state index is 5.69. The minimum Gasteiger partial charge on any atom is -0.373 e. The molecule has 1 rings (SSSR count). The van der Waals surface area contributed by atoms with Gasteiger partial charge in [-0.3, -0.25) is 4.90 Å². The summed E-state index contributed by atoms with van der Waals surface area (Å²) in [5.74, 6) is 0.817. The highest BCUT2D eigenvalue weighted by Gasteiger charge is 2.22. The van der Waals surface area contributed by atoms with Crippen LogP contribution in [0.1, 0.15) is 41.5 Å². The van der Waals surface area contributed by atoms with E-state index in [0.29, 0.717) is 12.2 Å². The fraction of sp³-hybridized carbons (Fsp3) is 1.00. The van der Waals surface area contributed by atoms with Crippen LogP contribution < -0.4 is 0 Å². The van der Waals surface area contributed by atoms with Crippen molar-refractivity contribution in [2.45, 2.75) is 53.8 Å². The normalized spacial score (nSPS) is 30.9. The zero-order valence-electron chi connectivity index (χ0n) is 9.42. The third-order valence-corrected chi connectivity index (χ3v) is 2.76. The van der Waals surface area contributed by atoms with Crippen molar-refractivity contribution < 1.29 is 4.74 Å². The molecule has 1 fully saturated rings. The van der Waals surface area contributed by atoms with E-state index in [2.05, 4.69) is 32.6 Å². The number of morpholine rings is 1. The highest BCUT2D eigenvalue weighted by atomic mass is 16.5. The maximum absolute atomic E-state index is 5.69. The van der Waals surface area contributed by atoms with Gasteiger partial charge >= 0.3 is 0 Å². The molecule has 1 heterocycles. The van der Waals surface area contributed by atoms with Crippen molar-refractivity contribution in [2.75, 3.05) is 19.6 Å². The van der Waals surface area contributed by atoms with Gasteiger partial charge in [-0.05, 0) is 19.8 Å². The average molecular weight is 201 g/mol. The van der Waals surface area contributed by atoms with E-state index in [1.807, 2.05) is 0 Å². The van der Waals surface area contributed by atoms with E-state index < -0.39 is 0 Å². The largest absolute Gasteiger partial charge is 0.373 e. The SMILES string of the molecule is C.CC[C@@H](C)CN1C[C@@H](C)O[C@@H](C)C1. The molecule has 0 bridgehead atoms. The lowest BCUT2D eigenvalue weighted by Gasteiger charge is -2.36. The summed E-state index contributed by atoms with van der Waals surface area (Å²) in [5.41, 5.74) is 0. The van der Waals surface area contributed by atoms with E-state index in [0.717, 1.165) is 19.0 Å². The Kier molecular flexibility index (Phi) is 6.38. The molecule has 0 aromatic rings. The van der Waals surface area contributed by atoms with Crippen molar-refractivity contribution in [1.82, 2.24) is 4.90 Å². The molecule has 0 saturated carbocycles. The van der Waals surface area contributed by atoms with Crippen molar-refractivity contribution >= 4 is 0 Å². The molecule has 2 heteroatoms. The van der Waals surface area contributed by atoms with Crippen molar-refractivity contribution in [2.24, 2.45) is 5.92 Å². The van der Waals surface area contributed by atoms with Gasteiger partial charge in [-0.1, -0.05) is 27.7 Å². The lowest BCUT2D eigenvalue weighted by Crippen LogP contribution is -2.46. The molecule has 0 amide bonds. The van der Waals surface area contributed by atoms with E-state index >= 15 is 0 Å². The Morgan fingerprint density at radius 1 is 1.29 bits per heavy atom. The van der Waals surface area contributed by atoms with Crippen LogP contribution in [0.15, 0.2) is 0 Å². The molecule has 0 N–H and O–H groups in total. The Labute approximate surface area is 89.6 Å². The van der Waals surface area contributed by atoms with Crippen molar-refractivity contribution in [3.05, 3.63) is 0 Å². The monoisotopic (exact) mass is 201 g/mol. The van der Waals surface area contributed by atoms with Crippen LogP contribution in [0.4, 0.5) is 0 Å². The van der Waals surface area contributed by atoms with Crippen LogP contribution in [-0.4, -0.2) is 36.7 Å². The van der Waals surface area contributed by atoms with E-state index in [-0.39, 0.29) is 7.43 Å². The molecule has 0 spiro atoms. The summed E-state index contributed by atoms with van der Waals surface area (Å²) < 4.78 is 5.69. The fourth-order valence-corrected chi connectivity index (χ4v) is 2.00. The third kappa shape index (κ3) is 4.43. The van der Waals surface area contributed by atoms with Gasteiger partial charge in [0, 0.05) is 19.6 Å². The maximum Gasteiger partial charge on any atom is 0.0678 e. The number of nitrogens with zero attached hydrogens (tertiary/aromatic N) is 1. The first-order chi connectivity index (χ1) is 6.11. The van der Waals surface area contributed by atoms with Crippen LogP contribution in [0.25, 0.3) is 0 Å². The summed E-state index contributed by atoms with van der Waals surface area (Å²) >= 11 is 0. The fourth-order valence-electron chi connectivity index (χ4n) is 2.00. The van der Waals surface area contributed by atoms with Gasteiger partial charge in [0.05, 0.1) is 12.2 Å². The molecule has 86 valence electrons. The van der Waals surface area contributed by atoms with Gasteiger partial charge in [-0.25, -0.2) is 0 Å². The minimum absolute atomic E-state index is 0. The molecule has 0 radical (unpaired) electrons. The molecule has 1 aliphatic rings. The van der Waals surface area contributed by atoms with E-state index in [9.17, 15) is 0 Å². The number of hydrogen-bond acceptors (Lipinski definition) is 2. The number of rotatable bonds is 3. The Hall–Kier alpha value is -0.0800. The highest BCUT2D eigenvalue weighted by molar-refractivity contribution is 4.74. The molecule has 0 aliphatic carbocycles. The number of ether oxygens (including phenoxy) is 1. The second kappa shape index (κ2) is 6.41. The zero-order chi connectivity index (χ0) is 9.84. The first-order valence-corrected chi connectivity index (χ1v) is 5.49. The first-order valence-electron chi connectivity index (χ1n) is 5.49. The van der Waals surface area contributed by atoms with Crippen LogP contribution in [0.5, 0.6) is 0 Å². The van der Waals surface area contributed by atoms with Crippen LogP contribution in [0, 0.1) is 5.92 Å². The van der Waals surface area contributed by atoms with E-state index in [4.69, 9.17) is 4.74 Å². The topological polar surface area (TPSA) is 12.5 Å². The number of hydrogen-bond donors (Lipinski definition) is 0. The molecule has 1 saturated heterocycles. The second-order valence-electron chi connectivity index (χ2n) is 4.49. The predicted molar refractivity (Wildman–Crippen MR) is 62.6 cm³/mol. The summed E-state index contributed by atoms with van der Waals surface area (Å²) in [4.78, 5) is 2.53. The van der Waals surface area contributed by atoms with Gasteiger partial charge in [0.2, 0.25) is 0 Å². The zero-order valence-corrected chi connectivity index (χ0v) is 9.42. The smallest absolute Gasteiger partial charge is 0.0678 e. The van der Waals surface area contributed by atoms with Gasteiger partial charge < -0.3 is 4.74 Å². The van der Waals surface area contributed by atoms with Gasteiger partial charge in [0.15, 0.2) is 0 Å². The summed E-state index contributed by atoms with van der Waals surface area (Å²) in [6.07, 6.45) is 2.10. The molecule has 0 aromatic carbocycles. The predicted octanol–water partition coefficient (Wildman–Crippen LogP) is 2.78. The quantitative estimate of drug-likeness (QED) is 0.696. The van der Waals surface area contributed by atoms with Crippen LogP contribution in [-0.2, 0) is 4.74 Å². The lowest BCUT2D eigenvalue weighted by atomic mass is 10.1. The lowest BCUT2D eigenvalue weighted by molar-refractivity contribution is -0.0710. The van der Waals surface area contributed by atoms with Crippen LogP contribution >= 0.6 is 0 Å². The Morgan fingerprint density at radius 2 is 1.79 bits per heavy atom. The Morgan fingerprint density at radius 3 is 2.21 bits per heavy atom. The second-order valence-corrected chi connectivity index (χ2v) is 4.49. The van der Waals surface area contributed by atoms with Crippen molar-refractivity contribution in [1.29, 1.82) is 0 Å². The van der Waals surface area contributed by atoms with Crippen molar-refractivity contribution in [3.8, 4) is 0 Å². The third-order valence-electron chi connectivity index (χ3n) is 2.76. The first kappa shape index (κ1) is 13.9. The minimum atomic E-state index is 0. The van der Waals surface area contributed by atoms with E-state index in [1.54, 1.807) is 0 Å². The summed E-state index contributed by atoms with van der Waals surface area (Å²) in [6.45, 7) is 12.4. The molecular weight excluding hydrogens is 174 g/mol. The van der Waals surface area contributed by atoms with Crippen LogP contribution in [0.2, 0.25) is 0 Å². The molecule has 2 nitrogen and oxygen atoms in total. The molecule has 14 heavy (non-hydrogen) atoms. The average Bonchev–Trinajstić information content (AvgIpc) is 2.02. The molecule has 1 aliphatic heterocycles. The molecule has 3 atom stereocenters. The van der Waals surface area contributed by atoms with Gasteiger partial charge in [0.25, 0.3) is 0 Å². The van der Waals surface area contributed by atoms with Gasteiger partial charge in [0.1, 0.15) is 0 Å². The molecule has 0 unspecified atom stereocenters. The summed E-state index contributed by atoms with van der Waals surface area (Å²) in [6, 6.07) is 0. The van der Waals surface area contributed by atoms with E-state index in [1.165, 1.54) is 13.0 Å². The standard InChI is InChI=1S/C11H23NO.CH4/c1-5-9(2)6-12-7-10(3)13-11(4)8-12;/h9-11H,5-8H2,1-4H3;1H4/t9-,10-,11+;/m1./s1. The summed E-state index contributed by atoms with van der Waals surface area (Å²) in [7, 11) is 0. The van der Waals surface area contributed by atoms with Gasteiger partial charge in [-0.2, -0.15) is 0 Å². The Bertz CT molecular complexity index is 139. The Balaban J connectivity index is 0.00000169.